The molecule has 0 bridgehead atoms. The molecule has 1 amide bonds. The number of nitrogens with one attached hydrogen (secondary N) is 1. The zero-order valence-corrected chi connectivity index (χ0v) is 12.2. The zero-order chi connectivity index (χ0) is 14.7. The first-order valence-corrected chi connectivity index (χ1v) is 6.78. The minimum atomic E-state index is -0.608. The van der Waals surface area contributed by atoms with Crippen molar-refractivity contribution in [1.82, 2.24) is 5.32 Å². The minimum Gasteiger partial charge on any atom is -0.345 e. The predicted octanol–water partition coefficient (Wildman–Crippen LogP) is 4.22. The summed E-state index contributed by atoms with van der Waals surface area (Å²) in [7, 11) is 0. The van der Waals surface area contributed by atoms with Crippen LogP contribution in [0.4, 0.5) is 8.78 Å². The van der Waals surface area contributed by atoms with Crippen molar-refractivity contribution < 1.29 is 13.6 Å². The van der Waals surface area contributed by atoms with Crippen LogP contribution in [0.3, 0.4) is 0 Å². The van der Waals surface area contributed by atoms with Gasteiger partial charge in [0.05, 0.1) is 11.6 Å². The molecule has 0 fully saturated rings. The van der Waals surface area contributed by atoms with Crippen LogP contribution in [-0.2, 0) is 0 Å². The number of carbonyl (C=O) groups excluding carboxylic acids is 1. The van der Waals surface area contributed by atoms with Gasteiger partial charge in [0.1, 0.15) is 11.6 Å². The molecule has 5 heteroatoms. The number of amides is 1. The van der Waals surface area contributed by atoms with Crippen molar-refractivity contribution in [2.45, 2.75) is 13.0 Å². The monoisotopic (exact) mass is 339 g/mol. The molecule has 2 aromatic carbocycles. The quantitative estimate of drug-likeness (QED) is 0.891. The summed E-state index contributed by atoms with van der Waals surface area (Å²) in [6.45, 7) is 1.71. The van der Waals surface area contributed by atoms with Crippen LogP contribution in [0.15, 0.2) is 46.9 Å². The maximum atomic E-state index is 13.7. The van der Waals surface area contributed by atoms with E-state index in [1.807, 2.05) is 0 Å². The van der Waals surface area contributed by atoms with Gasteiger partial charge >= 0.3 is 0 Å². The van der Waals surface area contributed by atoms with E-state index in [0.717, 1.165) is 0 Å². The average molecular weight is 340 g/mol. The molecule has 0 heterocycles. The molecule has 0 aromatic heterocycles. The molecule has 104 valence electrons. The lowest BCUT2D eigenvalue weighted by Gasteiger charge is -2.15. The Balaban J connectivity index is 2.20. The molecule has 0 aliphatic carbocycles. The molecule has 1 N–H and O–H groups in total. The predicted molar refractivity (Wildman–Crippen MR) is 76.4 cm³/mol. The molecule has 0 spiro atoms. The van der Waals surface area contributed by atoms with Gasteiger partial charge in [-0.25, -0.2) is 8.78 Å². The Bertz CT molecular complexity index is 625. The third-order valence-corrected chi connectivity index (χ3v) is 3.55. The van der Waals surface area contributed by atoms with Crippen molar-refractivity contribution in [3.05, 3.63) is 69.7 Å². The number of rotatable bonds is 3. The van der Waals surface area contributed by atoms with E-state index >= 15 is 0 Å². The summed E-state index contributed by atoms with van der Waals surface area (Å²) < 4.78 is 27.2. The second-order valence-electron chi connectivity index (χ2n) is 4.35. The van der Waals surface area contributed by atoms with Gasteiger partial charge in [0.2, 0.25) is 0 Å². The molecule has 20 heavy (non-hydrogen) atoms. The zero-order valence-electron chi connectivity index (χ0n) is 10.7. The first-order valence-electron chi connectivity index (χ1n) is 5.99. The Morgan fingerprint density at radius 1 is 1.20 bits per heavy atom. The first-order chi connectivity index (χ1) is 9.49. The van der Waals surface area contributed by atoms with E-state index < -0.39 is 17.8 Å². The molecular formula is C15H12BrF2NO. The Morgan fingerprint density at radius 2 is 1.90 bits per heavy atom. The molecular weight excluding hydrogens is 328 g/mol. The molecule has 0 aliphatic rings. The molecule has 2 aromatic rings. The Morgan fingerprint density at radius 3 is 2.55 bits per heavy atom. The molecule has 0 saturated carbocycles. The Kier molecular flexibility index (Phi) is 4.49. The van der Waals surface area contributed by atoms with Crippen LogP contribution < -0.4 is 5.32 Å². The molecule has 0 saturated heterocycles. The van der Waals surface area contributed by atoms with E-state index in [-0.39, 0.29) is 11.4 Å². The van der Waals surface area contributed by atoms with Crippen LogP contribution >= 0.6 is 15.9 Å². The Labute approximate surface area is 123 Å². The second-order valence-corrected chi connectivity index (χ2v) is 5.20. The fourth-order valence-corrected chi connectivity index (χ4v) is 2.36. The number of halogens is 3. The van der Waals surface area contributed by atoms with Gasteiger partial charge in [0, 0.05) is 4.47 Å². The summed E-state index contributed by atoms with van der Waals surface area (Å²) in [5, 5.41) is 2.65. The summed E-state index contributed by atoms with van der Waals surface area (Å²) in [5.41, 5.74) is 0.557. The van der Waals surface area contributed by atoms with Crippen LogP contribution in [0.5, 0.6) is 0 Å². The van der Waals surface area contributed by atoms with E-state index in [2.05, 4.69) is 21.2 Å². The van der Waals surface area contributed by atoms with Gasteiger partial charge < -0.3 is 5.32 Å². The van der Waals surface area contributed by atoms with E-state index in [9.17, 15) is 13.6 Å². The van der Waals surface area contributed by atoms with Gasteiger partial charge in [-0.3, -0.25) is 4.79 Å². The van der Waals surface area contributed by atoms with Crippen molar-refractivity contribution in [3.63, 3.8) is 0 Å². The van der Waals surface area contributed by atoms with E-state index in [1.165, 1.54) is 24.3 Å². The van der Waals surface area contributed by atoms with Gasteiger partial charge in [-0.15, -0.1) is 0 Å². The van der Waals surface area contributed by atoms with Crippen molar-refractivity contribution in [3.8, 4) is 0 Å². The van der Waals surface area contributed by atoms with E-state index in [0.29, 0.717) is 10.0 Å². The topological polar surface area (TPSA) is 29.1 Å². The summed E-state index contributed by atoms with van der Waals surface area (Å²) in [6, 6.07) is 9.80. The van der Waals surface area contributed by atoms with Gasteiger partial charge in [0.15, 0.2) is 0 Å². The lowest BCUT2D eigenvalue weighted by molar-refractivity contribution is 0.0935. The highest BCUT2D eigenvalue weighted by atomic mass is 79.9. The summed E-state index contributed by atoms with van der Waals surface area (Å²) in [5.74, 6) is -1.54. The smallest absolute Gasteiger partial charge is 0.255 e. The third kappa shape index (κ3) is 3.22. The van der Waals surface area contributed by atoms with Crippen LogP contribution in [0.25, 0.3) is 0 Å². The number of hydrogen-bond acceptors (Lipinski definition) is 1. The average Bonchev–Trinajstić information content (AvgIpc) is 2.38. The lowest BCUT2D eigenvalue weighted by Crippen LogP contribution is -2.27. The van der Waals surface area contributed by atoms with Gasteiger partial charge in [-0.05, 0) is 52.7 Å². The summed E-state index contributed by atoms with van der Waals surface area (Å²) in [4.78, 5) is 12.1. The largest absolute Gasteiger partial charge is 0.345 e. The first kappa shape index (κ1) is 14.7. The highest BCUT2D eigenvalue weighted by molar-refractivity contribution is 9.10. The normalized spacial score (nSPS) is 12.0. The van der Waals surface area contributed by atoms with Crippen LogP contribution in [-0.4, -0.2) is 5.91 Å². The standard InChI is InChI=1S/C15H12BrF2NO/c1-9(10-4-2-5-11(17)8-10)19-15(20)14-12(16)6-3-7-13(14)18/h2-9H,1H3,(H,19,20). The summed E-state index contributed by atoms with van der Waals surface area (Å²) >= 11 is 3.14. The maximum Gasteiger partial charge on any atom is 0.255 e. The molecule has 2 rings (SSSR count). The van der Waals surface area contributed by atoms with Gasteiger partial charge in [-0.2, -0.15) is 0 Å². The van der Waals surface area contributed by atoms with Crippen LogP contribution in [0.2, 0.25) is 0 Å². The van der Waals surface area contributed by atoms with Crippen molar-refractivity contribution in [2.75, 3.05) is 0 Å². The number of benzene rings is 2. The van der Waals surface area contributed by atoms with Crippen molar-refractivity contribution in [1.29, 1.82) is 0 Å². The van der Waals surface area contributed by atoms with E-state index in [1.54, 1.807) is 25.1 Å². The summed E-state index contributed by atoms with van der Waals surface area (Å²) in [6.07, 6.45) is 0. The second kappa shape index (κ2) is 6.13. The molecule has 1 atom stereocenters. The maximum absolute atomic E-state index is 13.7. The highest BCUT2D eigenvalue weighted by Gasteiger charge is 2.18. The Hall–Kier alpha value is -1.75. The molecule has 1 unspecified atom stereocenters. The lowest BCUT2D eigenvalue weighted by atomic mass is 10.1. The SMILES string of the molecule is CC(NC(=O)c1c(F)cccc1Br)c1cccc(F)c1. The fourth-order valence-electron chi connectivity index (χ4n) is 1.84. The van der Waals surface area contributed by atoms with Crippen LogP contribution in [0.1, 0.15) is 28.9 Å². The molecule has 2 nitrogen and oxygen atoms in total. The van der Waals surface area contributed by atoms with Gasteiger partial charge in [0.25, 0.3) is 5.91 Å². The van der Waals surface area contributed by atoms with Crippen LogP contribution in [0, 0.1) is 11.6 Å². The fraction of sp³-hybridized carbons (Fsp3) is 0.133. The highest BCUT2D eigenvalue weighted by Crippen LogP contribution is 2.21. The third-order valence-electron chi connectivity index (χ3n) is 2.89. The van der Waals surface area contributed by atoms with Crippen molar-refractivity contribution >= 4 is 21.8 Å². The van der Waals surface area contributed by atoms with Gasteiger partial charge in [-0.1, -0.05) is 18.2 Å². The number of carbonyl (C=O) groups is 1. The molecule has 0 aliphatic heterocycles. The minimum absolute atomic E-state index is 0.0595. The van der Waals surface area contributed by atoms with E-state index in [4.69, 9.17) is 0 Å². The number of hydrogen-bond donors (Lipinski definition) is 1. The van der Waals surface area contributed by atoms with Crippen molar-refractivity contribution in [2.24, 2.45) is 0 Å². The molecule has 0 radical (unpaired) electrons.